The van der Waals surface area contributed by atoms with E-state index in [1.54, 1.807) is 0 Å². The minimum Gasteiger partial charge on any atom is -0.380 e. The van der Waals surface area contributed by atoms with Crippen molar-refractivity contribution < 1.29 is 13.2 Å². The smallest absolute Gasteiger partial charge is 0.235 e. The zero-order chi connectivity index (χ0) is 9.78. The van der Waals surface area contributed by atoms with Crippen molar-refractivity contribution in [1.29, 1.82) is 0 Å². The highest BCUT2D eigenvalue weighted by Gasteiger charge is 2.17. The number of ether oxygens (including phenoxy) is 1. The van der Waals surface area contributed by atoms with E-state index in [1.807, 2.05) is 13.8 Å². The van der Waals surface area contributed by atoms with Crippen molar-refractivity contribution in [2.45, 2.75) is 26.4 Å². The molecule has 0 rings (SSSR count). The van der Waals surface area contributed by atoms with Gasteiger partial charge in [0.15, 0.2) is 0 Å². The van der Waals surface area contributed by atoms with Crippen LogP contribution in [-0.4, -0.2) is 27.4 Å². The van der Waals surface area contributed by atoms with Crippen LogP contribution in [0, 0.1) is 5.92 Å². The van der Waals surface area contributed by atoms with Gasteiger partial charge >= 0.3 is 0 Å². The molecule has 0 fully saturated rings. The van der Waals surface area contributed by atoms with Crippen LogP contribution in [0.25, 0.3) is 0 Å². The Morgan fingerprint density at radius 1 is 1.42 bits per heavy atom. The Hall–Kier alpha value is 0.200. The van der Waals surface area contributed by atoms with Crippen LogP contribution in [0.5, 0.6) is 0 Å². The standard InChI is InChI=1S/C7H15ClO3S/c1-6(2)4-7(11-3)5-12(8,9)10/h6-7H,4-5H2,1-3H3/t7-/m1/s1. The lowest BCUT2D eigenvalue weighted by molar-refractivity contribution is 0.102. The molecule has 0 aliphatic rings. The molecule has 0 heterocycles. The van der Waals surface area contributed by atoms with Gasteiger partial charge in [-0.15, -0.1) is 0 Å². The Kier molecular flexibility index (Phi) is 5.13. The Bertz CT molecular complexity index is 211. The molecule has 0 saturated carbocycles. The van der Waals surface area contributed by atoms with E-state index in [2.05, 4.69) is 0 Å². The van der Waals surface area contributed by atoms with E-state index in [0.717, 1.165) is 0 Å². The van der Waals surface area contributed by atoms with E-state index in [4.69, 9.17) is 15.4 Å². The third kappa shape index (κ3) is 6.88. The van der Waals surface area contributed by atoms with E-state index in [1.165, 1.54) is 7.11 Å². The molecule has 0 N–H and O–H groups in total. The van der Waals surface area contributed by atoms with Crippen molar-refractivity contribution in [2.75, 3.05) is 12.9 Å². The summed E-state index contributed by atoms with van der Waals surface area (Å²) in [6.07, 6.45) is 0.426. The third-order valence-corrected chi connectivity index (χ3v) is 2.60. The predicted molar refractivity (Wildman–Crippen MR) is 49.9 cm³/mol. The number of halogens is 1. The molecule has 0 aromatic heterocycles. The first-order chi connectivity index (χ1) is 5.35. The molecule has 0 aromatic carbocycles. The molecule has 0 spiro atoms. The second-order valence-corrected chi connectivity index (χ2v) is 6.01. The average molecular weight is 215 g/mol. The first-order valence-corrected chi connectivity index (χ1v) is 6.28. The second-order valence-electron chi connectivity index (χ2n) is 3.19. The quantitative estimate of drug-likeness (QED) is 0.654. The van der Waals surface area contributed by atoms with Gasteiger partial charge in [0.05, 0.1) is 11.9 Å². The Balaban J connectivity index is 4.01. The molecule has 0 unspecified atom stereocenters. The van der Waals surface area contributed by atoms with E-state index in [9.17, 15) is 8.42 Å². The van der Waals surface area contributed by atoms with Crippen molar-refractivity contribution >= 4 is 19.7 Å². The van der Waals surface area contributed by atoms with E-state index in [-0.39, 0.29) is 11.9 Å². The minimum absolute atomic E-state index is 0.108. The molecule has 12 heavy (non-hydrogen) atoms. The van der Waals surface area contributed by atoms with Crippen molar-refractivity contribution in [3.63, 3.8) is 0 Å². The van der Waals surface area contributed by atoms with Crippen LogP contribution in [0.3, 0.4) is 0 Å². The zero-order valence-electron chi connectivity index (χ0n) is 7.58. The average Bonchev–Trinajstić information content (AvgIpc) is 1.82. The zero-order valence-corrected chi connectivity index (χ0v) is 9.15. The fourth-order valence-corrected chi connectivity index (χ4v) is 2.12. The highest BCUT2D eigenvalue weighted by molar-refractivity contribution is 8.13. The van der Waals surface area contributed by atoms with Crippen LogP contribution in [0.15, 0.2) is 0 Å². The van der Waals surface area contributed by atoms with E-state index in [0.29, 0.717) is 12.3 Å². The van der Waals surface area contributed by atoms with Crippen molar-refractivity contribution in [3.05, 3.63) is 0 Å². The molecule has 3 nitrogen and oxygen atoms in total. The van der Waals surface area contributed by atoms with Gasteiger partial charge in [0, 0.05) is 17.8 Å². The summed E-state index contributed by atoms with van der Waals surface area (Å²) in [5.74, 6) is 0.303. The molecule has 0 aromatic rings. The summed E-state index contributed by atoms with van der Waals surface area (Å²) in [7, 11) is 3.14. The van der Waals surface area contributed by atoms with Crippen LogP contribution >= 0.6 is 10.7 Å². The van der Waals surface area contributed by atoms with Gasteiger partial charge in [-0.1, -0.05) is 13.8 Å². The summed E-state index contributed by atoms with van der Waals surface area (Å²) in [6.45, 7) is 4.01. The summed E-state index contributed by atoms with van der Waals surface area (Å²) in [5.41, 5.74) is 0. The maximum Gasteiger partial charge on any atom is 0.235 e. The lowest BCUT2D eigenvalue weighted by Gasteiger charge is -2.15. The first-order valence-electron chi connectivity index (χ1n) is 3.80. The SMILES string of the molecule is CO[C@H](CC(C)C)CS(=O)(=O)Cl. The monoisotopic (exact) mass is 214 g/mol. The van der Waals surface area contributed by atoms with E-state index >= 15 is 0 Å². The first kappa shape index (κ1) is 12.2. The molecule has 0 amide bonds. The Morgan fingerprint density at radius 2 is 1.92 bits per heavy atom. The van der Waals surface area contributed by atoms with Crippen LogP contribution in [0.4, 0.5) is 0 Å². The Morgan fingerprint density at radius 3 is 2.17 bits per heavy atom. The molecule has 74 valence electrons. The summed E-state index contributed by atoms with van der Waals surface area (Å²) in [6, 6.07) is 0. The number of methoxy groups -OCH3 is 1. The highest BCUT2D eigenvalue weighted by atomic mass is 35.7. The summed E-state index contributed by atoms with van der Waals surface area (Å²) in [5, 5.41) is 0. The van der Waals surface area contributed by atoms with Gasteiger partial charge in [0.1, 0.15) is 0 Å². The van der Waals surface area contributed by atoms with Crippen LogP contribution < -0.4 is 0 Å². The lowest BCUT2D eigenvalue weighted by atomic mass is 10.1. The molecule has 0 bridgehead atoms. The predicted octanol–water partition coefficient (Wildman–Crippen LogP) is 1.62. The second kappa shape index (κ2) is 5.04. The number of hydrogen-bond donors (Lipinski definition) is 0. The van der Waals surface area contributed by atoms with Crippen LogP contribution in [0.2, 0.25) is 0 Å². The summed E-state index contributed by atoms with van der Waals surface area (Å²) >= 11 is 0. The molecule has 1 atom stereocenters. The fraction of sp³-hybridized carbons (Fsp3) is 1.00. The van der Waals surface area contributed by atoms with Gasteiger partial charge in [-0.05, 0) is 12.3 Å². The topological polar surface area (TPSA) is 43.4 Å². The highest BCUT2D eigenvalue weighted by Crippen LogP contribution is 2.11. The van der Waals surface area contributed by atoms with Gasteiger partial charge in [-0.25, -0.2) is 8.42 Å². The van der Waals surface area contributed by atoms with Gasteiger partial charge < -0.3 is 4.74 Å². The maximum absolute atomic E-state index is 10.7. The van der Waals surface area contributed by atoms with Crippen LogP contribution in [-0.2, 0) is 13.8 Å². The molecule has 5 heteroatoms. The molecular weight excluding hydrogens is 200 g/mol. The lowest BCUT2D eigenvalue weighted by Crippen LogP contribution is -2.21. The van der Waals surface area contributed by atoms with Gasteiger partial charge in [0.25, 0.3) is 0 Å². The van der Waals surface area contributed by atoms with Crippen molar-refractivity contribution in [1.82, 2.24) is 0 Å². The van der Waals surface area contributed by atoms with Crippen molar-refractivity contribution in [2.24, 2.45) is 5.92 Å². The van der Waals surface area contributed by atoms with Crippen LogP contribution in [0.1, 0.15) is 20.3 Å². The Labute approximate surface area is 78.5 Å². The molecule has 0 radical (unpaired) electrons. The molecule has 0 saturated heterocycles. The molecular formula is C7H15ClO3S. The number of hydrogen-bond acceptors (Lipinski definition) is 3. The van der Waals surface area contributed by atoms with Crippen molar-refractivity contribution in [3.8, 4) is 0 Å². The normalized spacial score (nSPS) is 15.1. The van der Waals surface area contributed by atoms with Gasteiger partial charge in [-0.2, -0.15) is 0 Å². The molecule has 0 aliphatic carbocycles. The third-order valence-electron chi connectivity index (χ3n) is 1.45. The fourth-order valence-electron chi connectivity index (χ4n) is 0.980. The summed E-state index contributed by atoms with van der Waals surface area (Å²) in [4.78, 5) is 0. The van der Waals surface area contributed by atoms with E-state index < -0.39 is 9.05 Å². The minimum atomic E-state index is -3.43. The number of rotatable bonds is 5. The van der Waals surface area contributed by atoms with Gasteiger partial charge in [-0.3, -0.25) is 0 Å². The molecule has 0 aliphatic heterocycles. The summed E-state index contributed by atoms with van der Waals surface area (Å²) < 4.78 is 26.3. The largest absolute Gasteiger partial charge is 0.380 e. The maximum atomic E-state index is 10.7. The van der Waals surface area contributed by atoms with Gasteiger partial charge in [0.2, 0.25) is 9.05 Å².